The zero-order valence-corrected chi connectivity index (χ0v) is 10.4. The number of aryl methyl sites for hydroxylation is 1. The Labute approximate surface area is 112 Å². The molecule has 104 valence electrons. The zero-order chi connectivity index (χ0) is 14.7. The Balaban J connectivity index is 2.37. The molecule has 0 saturated carbocycles. The molecule has 0 unspecified atom stereocenters. The van der Waals surface area contributed by atoms with Gasteiger partial charge in [-0.25, -0.2) is 4.79 Å². The first-order chi connectivity index (χ1) is 9.47. The highest BCUT2D eigenvalue weighted by Gasteiger charge is 2.17. The fourth-order valence-electron chi connectivity index (χ4n) is 1.61. The molecule has 9 heteroatoms. The zero-order valence-electron chi connectivity index (χ0n) is 10.4. The quantitative estimate of drug-likeness (QED) is 0.642. The highest BCUT2D eigenvalue weighted by Crippen LogP contribution is 2.25. The van der Waals surface area contributed by atoms with Crippen LogP contribution in [-0.2, 0) is 6.54 Å². The van der Waals surface area contributed by atoms with Gasteiger partial charge in [0.15, 0.2) is 0 Å². The Morgan fingerprint density at radius 3 is 2.85 bits per heavy atom. The largest absolute Gasteiger partial charge is 0.465 e. The third kappa shape index (κ3) is 2.88. The van der Waals surface area contributed by atoms with Crippen molar-refractivity contribution >= 4 is 11.8 Å². The molecule has 0 bridgehead atoms. The number of benzene rings is 1. The van der Waals surface area contributed by atoms with E-state index in [-0.39, 0.29) is 23.6 Å². The molecular formula is C11H10N4O5. The van der Waals surface area contributed by atoms with Crippen molar-refractivity contribution in [3.8, 4) is 11.4 Å². The highest BCUT2D eigenvalue weighted by atomic mass is 16.6. The van der Waals surface area contributed by atoms with Gasteiger partial charge in [-0.15, -0.1) is 0 Å². The van der Waals surface area contributed by atoms with Gasteiger partial charge in [-0.3, -0.25) is 10.1 Å². The minimum Gasteiger partial charge on any atom is -0.465 e. The van der Waals surface area contributed by atoms with Crippen molar-refractivity contribution in [2.75, 3.05) is 0 Å². The summed E-state index contributed by atoms with van der Waals surface area (Å²) in [6, 6.07) is 4.30. The van der Waals surface area contributed by atoms with Gasteiger partial charge in [0.1, 0.15) is 0 Å². The van der Waals surface area contributed by atoms with Gasteiger partial charge < -0.3 is 14.9 Å². The van der Waals surface area contributed by atoms with E-state index in [2.05, 4.69) is 15.5 Å². The molecule has 2 rings (SSSR count). The molecule has 20 heavy (non-hydrogen) atoms. The second-order valence-electron chi connectivity index (χ2n) is 3.90. The van der Waals surface area contributed by atoms with E-state index in [1.54, 1.807) is 13.0 Å². The van der Waals surface area contributed by atoms with Crippen LogP contribution in [0.1, 0.15) is 11.5 Å². The van der Waals surface area contributed by atoms with Gasteiger partial charge in [-0.2, -0.15) is 4.98 Å². The average Bonchev–Trinajstić information content (AvgIpc) is 2.82. The van der Waals surface area contributed by atoms with E-state index in [4.69, 9.17) is 9.63 Å². The first-order valence-corrected chi connectivity index (χ1v) is 5.52. The molecule has 0 aliphatic heterocycles. The summed E-state index contributed by atoms with van der Waals surface area (Å²) < 4.78 is 4.81. The Morgan fingerprint density at radius 1 is 1.55 bits per heavy atom. The molecule has 1 aromatic heterocycles. The summed E-state index contributed by atoms with van der Waals surface area (Å²) in [6.07, 6.45) is -1.25. The van der Waals surface area contributed by atoms with Crippen LogP contribution in [0.2, 0.25) is 0 Å². The van der Waals surface area contributed by atoms with Crippen LogP contribution in [0, 0.1) is 17.0 Å². The predicted molar refractivity (Wildman–Crippen MR) is 66.0 cm³/mol. The van der Waals surface area contributed by atoms with Crippen LogP contribution in [0.3, 0.4) is 0 Å². The maximum atomic E-state index is 11.0. The molecule has 2 N–H and O–H groups in total. The molecule has 1 aromatic carbocycles. The van der Waals surface area contributed by atoms with Crippen molar-refractivity contribution < 1.29 is 19.3 Å². The molecular weight excluding hydrogens is 268 g/mol. The Bertz CT molecular complexity index is 667. The van der Waals surface area contributed by atoms with Gasteiger partial charge in [-0.1, -0.05) is 11.2 Å². The summed E-state index contributed by atoms with van der Waals surface area (Å²) in [4.78, 5) is 24.8. The normalized spacial score (nSPS) is 10.2. The molecule has 1 amide bonds. The lowest BCUT2D eigenvalue weighted by Gasteiger charge is -2.04. The van der Waals surface area contributed by atoms with Crippen LogP contribution >= 0.6 is 0 Å². The highest BCUT2D eigenvalue weighted by molar-refractivity contribution is 5.65. The molecule has 0 aliphatic rings. The number of aromatic nitrogens is 2. The number of amides is 1. The number of hydrogen-bond acceptors (Lipinski definition) is 6. The van der Waals surface area contributed by atoms with Gasteiger partial charge in [0.2, 0.25) is 11.7 Å². The Hall–Kier alpha value is -2.97. The number of carboxylic acid groups (broad SMARTS) is 1. The average molecular weight is 278 g/mol. The van der Waals surface area contributed by atoms with E-state index >= 15 is 0 Å². The van der Waals surface area contributed by atoms with Gasteiger partial charge >= 0.3 is 6.09 Å². The summed E-state index contributed by atoms with van der Waals surface area (Å²) in [5.41, 5.74) is 0.465. The topological polar surface area (TPSA) is 131 Å². The third-order valence-electron chi connectivity index (χ3n) is 2.50. The van der Waals surface area contributed by atoms with Crippen molar-refractivity contribution in [1.29, 1.82) is 0 Å². The van der Waals surface area contributed by atoms with E-state index in [0.717, 1.165) is 0 Å². The van der Waals surface area contributed by atoms with E-state index in [1.165, 1.54) is 12.1 Å². The van der Waals surface area contributed by atoms with Crippen LogP contribution in [0.15, 0.2) is 22.7 Å². The summed E-state index contributed by atoms with van der Waals surface area (Å²) in [7, 11) is 0. The Morgan fingerprint density at radius 2 is 2.30 bits per heavy atom. The lowest BCUT2D eigenvalue weighted by Crippen LogP contribution is -2.20. The van der Waals surface area contributed by atoms with E-state index in [0.29, 0.717) is 11.5 Å². The van der Waals surface area contributed by atoms with Crippen molar-refractivity contribution in [2.24, 2.45) is 0 Å². The van der Waals surface area contributed by atoms with Crippen LogP contribution < -0.4 is 5.32 Å². The number of carbonyl (C=O) groups is 1. The van der Waals surface area contributed by atoms with Crippen LogP contribution in [-0.4, -0.2) is 26.3 Å². The summed E-state index contributed by atoms with van der Waals surface area (Å²) in [5, 5.41) is 25.3. The number of rotatable bonds is 4. The SMILES string of the molecule is Cc1nc(-c2ccc(CNC(=O)O)c([N+](=O)[O-])c2)no1. The molecule has 0 radical (unpaired) electrons. The lowest BCUT2D eigenvalue weighted by molar-refractivity contribution is -0.385. The maximum absolute atomic E-state index is 11.0. The molecule has 0 atom stereocenters. The maximum Gasteiger partial charge on any atom is 0.404 e. The van der Waals surface area contributed by atoms with Crippen molar-refractivity contribution in [2.45, 2.75) is 13.5 Å². The molecule has 1 heterocycles. The van der Waals surface area contributed by atoms with Crippen LogP contribution in [0.25, 0.3) is 11.4 Å². The molecule has 9 nitrogen and oxygen atoms in total. The van der Waals surface area contributed by atoms with Gasteiger partial charge in [-0.05, 0) is 6.07 Å². The predicted octanol–water partition coefficient (Wildman–Crippen LogP) is 1.72. The minimum atomic E-state index is -1.25. The lowest BCUT2D eigenvalue weighted by atomic mass is 10.1. The standard InChI is InChI=1S/C11H10N4O5/c1-6-13-10(14-20-6)7-2-3-8(5-12-11(16)17)9(4-7)15(18)19/h2-4,12H,5H2,1H3,(H,16,17). The number of nitro benzene ring substituents is 1. The monoisotopic (exact) mass is 278 g/mol. The molecule has 0 spiro atoms. The van der Waals surface area contributed by atoms with Crippen molar-refractivity contribution in [3.63, 3.8) is 0 Å². The first-order valence-electron chi connectivity index (χ1n) is 5.52. The number of nitro groups is 1. The number of nitrogens with zero attached hydrogens (tertiary/aromatic N) is 3. The summed E-state index contributed by atoms with van der Waals surface area (Å²) in [5.74, 6) is 0.586. The van der Waals surface area contributed by atoms with Gasteiger partial charge in [0.05, 0.1) is 11.5 Å². The fourth-order valence-corrected chi connectivity index (χ4v) is 1.61. The summed E-state index contributed by atoms with van der Waals surface area (Å²) in [6.45, 7) is 1.45. The molecule has 0 saturated heterocycles. The van der Waals surface area contributed by atoms with E-state index in [1.807, 2.05) is 0 Å². The second kappa shape index (κ2) is 5.34. The summed E-state index contributed by atoms with van der Waals surface area (Å²) >= 11 is 0. The second-order valence-corrected chi connectivity index (χ2v) is 3.90. The Kier molecular flexibility index (Phi) is 3.60. The van der Waals surface area contributed by atoms with Gasteiger partial charge in [0, 0.05) is 24.1 Å². The smallest absolute Gasteiger partial charge is 0.404 e. The molecule has 0 aliphatic carbocycles. The number of hydrogen-bond donors (Lipinski definition) is 2. The minimum absolute atomic E-state index is 0.156. The van der Waals surface area contributed by atoms with E-state index in [9.17, 15) is 14.9 Å². The van der Waals surface area contributed by atoms with E-state index < -0.39 is 11.0 Å². The van der Waals surface area contributed by atoms with Gasteiger partial charge in [0.25, 0.3) is 5.69 Å². The fraction of sp³-hybridized carbons (Fsp3) is 0.182. The van der Waals surface area contributed by atoms with Crippen LogP contribution in [0.4, 0.5) is 10.5 Å². The molecule has 0 fully saturated rings. The molecule has 2 aromatic rings. The third-order valence-corrected chi connectivity index (χ3v) is 2.50. The first kappa shape index (κ1) is 13.5. The van der Waals surface area contributed by atoms with Crippen molar-refractivity contribution in [1.82, 2.24) is 15.5 Å². The number of nitrogens with one attached hydrogen (secondary N) is 1. The van der Waals surface area contributed by atoms with Crippen LogP contribution in [0.5, 0.6) is 0 Å². The van der Waals surface area contributed by atoms with Crippen molar-refractivity contribution in [3.05, 3.63) is 39.8 Å².